The van der Waals surface area contributed by atoms with Gasteiger partial charge in [0.15, 0.2) is 11.6 Å². The Hall–Kier alpha value is -4.49. The summed E-state index contributed by atoms with van der Waals surface area (Å²) in [6.45, 7) is 3.49. The van der Waals surface area contributed by atoms with Crippen LogP contribution in [-0.4, -0.2) is 51.6 Å². The highest BCUT2D eigenvalue weighted by Crippen LogP contribution is 2.39. The van der Waals surface area contributed by atoms with Gasteiger partial charge < -0.3 is 14.6 Å². The maximum atomic E-state index is 14.2. The molecule has 0 spiro atoms. The Labute approximate surface area is 230 Å². The van der Waals surface area contributed by atoms with Crippen LogP contribution in [0.3, 0.4) is 0 Å². The van der Waals surface area contributed by atoms with Gasteiger partial charge in [0.25, 0.3) is 11.8 Å². The predicted octanol–water partition coefficient (Wildman–Crippen LogP) is 4.47. The highest BCUT2D eigenvalue weighted by Gasteiger charge is 2.36. The Balaban J connectivity index is 1.56. The summed E-state index contributed by atoms with van der Waals surface area (Å²) in [5.41, 5.74) is 4.04. The number of carbonyl (C=O) groups excluding carboxylic acids is 2. The first-order chi connectivity index (χ1) is 19.3. The number of hydrogen-bond donors (Lipinski definition) is 1. The summed E-state index contributed by atoms with van der Waals surface area (Å²) in [6.07, 6.45) is 3.28. The van der Waals surface area contributed by atoms with E-state index in [4.69, 9.17) is 14.2 Å². The Kier molecular flexibility index (Phi) is 6.39. The van der Waals surface area contributed by atoms with Gasteiger partial charge in [-0.25, -0.2) is 18.7 Å². The van der Waals surface area contributed by atoms with Crippen LogP contribution in [0.2, 0.25) is 0 Å². The smallest absolute Gasteiger partial charge is 0.262 e. The van der Waals surface area contributed by atoms with Crippen molar-refractivity contribution >= 4 is 34.5 Å². The molecule has 204 valence electrons. The van der Waals surface area contributed by atoms with Crippen LogP contribution in [0, 0.1) is 25.5 Å². The number of imidazole rings is 1. The molecule has 1 saturated heterocycles. The molecule has 0 aliphatic carbocycles. The van der Waals surface area contributed by atoms with Gasteiger partial charge in [-0.05, 0) is 43.7 Å². The zero-order valence-electron chi connectivity index (χ0n) is 21.6. The molecule has 5 heterocycles. The number of benzene rings is 1. The van der Waals surface area contributed by atoms with Gasteiger partial charge in [-0.3, -0.25) is 18.9 Å². The van der Waals surface area contributed by atoms with Crippen LogP contribution in [-0.2, 0) is 9.53 Å². The number of nitrogens with zero attached hydrogens (tertiary/aromatic N) is 5. The molecular formula is C27H22F2N6O4S. The molecule has 0 unspecified atom stereocenters. The number of rotatable bonds is 5. The quantitative estimate of drug-likeness (QED) is 0.335. The van der Waals surface area contributed by atoms with Crippen molar-refractivity contribution in [1.29, 1.82) is 0 Å². The number of morpholine rings is 1. The molecule has 10 nitrogen and oxygen atoms in total. The maximum absolute atomic E-state index is 14.2. The summed E-state index contributed by atoms with van der Waals surface area (Å²) in [6, 6.07) is 6.24. The molecule has 40 heavy (non-hydrogen) atoms. The molecule has 1 fully saturated rings. The third kappa shape index (κ3) is 4.23. The Bertz CT molecular complexity index is 1780. The lowest BCUT2D eigenvalue weighted by molar-refractivity contribution is -0.127. The molecule has 2 amide bonds. The molecule has 0 bridgehead atoms. The standard InChI is InChI=1S/C27H22F2N6O4S/c1-13-23(14(2)39-33-13)15-6-7-34-21(8-15)32-24(25(34)27-31-10-20(40-27)26(37)30-3)19-11-38-12-22(36)35(19)16-4-5-17(28)18(29)9-16/h4-10,19H,11-12H2,1-3H3,(H,30,37)/t19-/m0/s1. The topological polar surface area (TPSA) is 115 Å². The van der Waals surface area contributed by atoms with E-state index >= 15 is 0 Å². The highest BCUT2D eigenvalue weighted by atomic mass is 32.1. The maximum Gasteiger partial charge on any atom is 0.262 e. The first-order valence-corrected chi connectivity index (χ1v) is 13.1. The van der Waals surface area contributed by atoms with Crippen LogP contribution in [0.25, 0.3) is 27.5 Å². The summed E-state index contributed by atoms with van der Waals surface area (Å²) >= 11 is 1.16. The summed E-state index contributed by atoms with van der Waals surface area (Å²) < 4.78 is 40.7. The van der Waals surface area contributed by atoms with E-state index in [0.717, 1.165) is 40.3 Å². The summed E-state index contributed by atoms with van der Waals surface area (Å²) in [4.78, 5) is 36.6. The Morgan fingerprint density at radius 3 is 2.73 bits per heavy atom. The number of amides is 2. The molecule has 0 saturated carbocycles. The van der Waals surface area contributed by atoms with Crippen molar-refractivity contribution < 1.29 is 27.6 Å². The fourth-order valence-electron chi connectivity index (χ4n) is 4.91. The number of carbonyl (C=O) groups is 2. The normalized spacial score (nSPS) is 15.7. The molecule has 1 aromatic carbocycles. The van der Waals surface area contributed by atoms with Gasteiger partial charge in [0.2, 0.25) is 0 Å². The van der Waals surface area contributed by atoms with Crippen LogP contribution in [0.4, 0.5) is 14.5 Å². The molecule has 1 atom stereocenters. The number of anilines is 1. The highest BCUT2D eigenvalue weighted by molar-refractivity contribution is 7.16. The lowest BCUT2D eigenvalue weighted by atomic mass is 10.1. The van der Waals surface area contributed by atoms with Gasteiger partial charge in [0.1, 0.15) is 39.6 Å². The van der Waals surface area contributed by atoms with E-state index < -0.39 is 23.6 Å². The molecule has 4 aromatic heterocycles. The van der Waals surface area contributed by atoms with E-state index in [1.165, 1.54) is 24.2 Å². The predicted molar refractivity (Wildman–Crippen MR) is 142 cm³/mol. The zero-order valence-corrected chi connectivity index (χ0v) is 22.4. The number of fused-ring (bicyclic) bond motifs is 1. The molecule has 0 radical (unpaired) electrons. The number of ether oxygens (including phenoxy) is 1. The van der Waals surface area contributed by atoms with Crippen LogP contribution in [0.1, 0.15) is 32.9 Å². The van der Waals surface area contributed by atoms with Crippen molar-refractivity contribution in [2.45, 2.75) is 19.9 Å². The van der Waals surface area contributed by atoms with Crippen molar-refractivity contribution in [2.24, 2.45) is 0 Å². The third-order valence-electron chi connectivity index (χ3n) is 6.71. The average Bonchev–Trinajstić information content (AvgIpc) is 3.66. The van der Waals surface area contributed by atoms with Crippen molar-refractivity contribution in [3.05, 3.63) is 76.4 Å². The lowest BCUT2D eigenvalue weighted by Gasteiger charge is -2.35. The number of halogens is 2. The zero-order chi connectivity index (χ0) is 28.1. The molecule has 5 aromatic rings. The van der Waals surface area contributed by atoms with E-state index in [0.29, 0.717) is 32.7 Å². The largest absolute Gasteiger partial charge is 0.369 e. The number of hydrogen-bond acceptors (Lipinski definition) is 8. The van der Waals surface area contributed by atoms with E-state index in [1.807, 2.05) is 36.6 Å². The minimum Gasteiger partial charge on any atom is -0.369 e. The van der Waals surface area contributed by atoms with E-state index in [1.54, 1.807) is 0 Å². The van der Waals surface area contributed by atoms with Gasteiger partial charge in [-0.15, -0.1) is 11.3 Å². The Morgan fingerprint density at radius 1 is 1.18 bits per heavy atom. The van der Waals surface area contributed by atoms with E-state index in [2.05, 4.69) is 15.5 Å². The molecule has 1 aliphatic heterocycles. The lowest BCUT2D eigenvalue weighted by Crippen LogP contribution is -2.44. The minimum absolute atomic E-state index is 0.0476. The summed E-state index contributed by atoms with van der Waals surface area (Å²) in [7, 11) is 1.53. The number of thiazole rings is 1. The van der Waals surface area contributed by atoms with Gasteiger partial charge in [0.05, 0.1) is 24.2 Å². The second-order valence-corrected chi connectivity index (χ2v) is 10.2. The Morgan fingerprint density at radius 2 is 2.00 bits per heavy atom. The van der Waals surface area contributed by atoms with Crippen LogP contribution in [0.15, 0.2) is 47.2 Å². The molecule has 1 N–H and O–H groups in total. The van der Waals surface area contributed by atoms with Crippen molar-refractivity contribution in [3.63, 3.8) is 0 Å². The first kappa shape index (κ1) is 25.8. The van der Waals surface area contributed by atoms with Crippen molar-refractivity contribution in [2.75, 3.05) is 25.2 Å². The first-order valence-electron chi connectivity index (χ1n) is 12.2. The van der Waals surface area contributed by atoms with Gasteiger partial charge in [0, 0.05) is 30.6 Å². The van der Waals surface area contributed by atoms with Gasteiger partial charge in [-0.1, -0.05) is 5.16 Å². The molecule has 13 heteroatoms. The van der Waals surface area contributed by atoms with Gasteiger partial charge >= 0.3 is 0 Å². The monoisotopic (exact) mass is 564 g/mol. The summed E-state index contributed by atoms with van der Waals surface area (Å²) in [5, 5.41) is 7.11. The van der Waals surface area contributed by atoms with Crippen LogP contribution < -0.4 is 10.2 Å². The second-order valence-electron chi connectivity index (χ2n) is 9.19. The number of aromatic nitrogens is 4. The molecule has 1 aliphatic rings. The number of pyridine rings is 1. The molecule has 6 rings (SSSR count). The molecular weight excluding hydrogens is 542 g/mol. The fraction of sp³-hybridized carbons (Fsp3) is 0.222. The van der Waals surface area contributed by atoms with E-state index in [-0.39, 0.29) is 24.8 Å². The second kappa shape index (κ2) is 9.92. The van der Waals surface area contributed by atoms with Crippen molar-refractivity contribution in [1.82, 2.24) is 24.8 Å². The minimum atomic E-state index is -1.08. The van der Waals surface area contributed by atoms with Gasteiger partial charge in [-0.2, -0.15) is 0 Å². The van der Waals surface area contributed by atoms with Crippen molar-refractivity contribution in [3.8, 4) is 21.8 Å². The van der Waals surface area contributed by atoms with Crippen LogP contribution in [0.5, 0.6) is 0 Å². The van der Waals surface area contributed by atoms with Crippen LogP contribution >= 0.6 is 11.3 Å². The average molecular weight is 565 g/mol. The van der Waals surface area contributed by atoms with E-state index in [9.17, 15) is 18.4 Å². The number of nitrogens with one attached hydrogen (secondary N) is 1. The third-order valence-corrected chi connectivity index (χ3v) is 7.72. The fourth-order valence-corrected chi connectivity index (χ4v) is 5.82. The number of aryl methyl sites for hydroxylation is 2. The summed E-state index contributed by atoms with van der Waals surface area (Å²) in [5.74, 6) is -2.18. The SMILES string of the molecule is CNC(=O)c1cnc(-c2c([C@@H]3COCC(=O)N3c3ccc(F)c(F)c3)nc3cc(-c4c(C)noc4C)ccn23)s1.